The van der Waals surface area contributed by atoms with E-state index < -0.39 is 0 Å². The molecule has 0 bridgehead atoms. The van der Waals surface area contributed by atoms with E-state index in [2.05, 4.69) is 23.8 Å². The van der Waals surface area contributed by atoms with Gasteiger partial charge >= 0.3 is 0 Å². The molecule has 0 aliphatic carbocycles. The van der Waals surface area contributed by atoms with Gasteiger partial charge in [0.25, 0.3) is 5.56 Å². The van der Waals surface area contributed by atoms with Crippen molar-refractivity contribution in [3.05, 3.63) is 21.3 Å². The molecule has 0 aliphatic rings. The first-order chi connectivity index (χ1) is 10.5. The van der Waals surface area contributed by atoms with Crippen molar-refractivity contribution >= 4 is 39.2 Å². The van der Waals surface area contributed by atoms with E-state index >= 15 is 0 Å². The lowest BCUT2D eigenvalue weighted by Gasteiger charge is -2.20. The molecule has 0 spiro atoms. The number of hydrogen-bond acceptors (Lipinski definition) is 5. The van der Waals surface area contributed by atoms with E-state index in [1.54, 1.807) is 0 Å². The number of aromatic amines is 1. The fourth-order valence-electron chi connectivity index (χ4n) is 2.22. The summed E-state index contributed by atoms with van der Waals surface area (Å²) >= 11 is 2.79. The number of rotatable bonds is 7. The molecule has 1 N–H and O–H groups in total. The maximum Gasteiger partial charge on any atom is 0.260 e. The van der Waals surface area contributed by atoms with Crippen LogP contribution in [0.3, 0.4) is 0 Å². The highest BCUT2D eigenvalue weighted by Crippen LogP contribution is 2.22. The molecule has 2 rings (SSSR count). The Morgan fingerprint density at radius 2 is 2.05 bits per heavy atom. The highest BCUT2D eigenvalue weighted by Gasteiger charge is 2.14. The van der Waals surface area contributed by atoms with E-state index in [0.717, 1.165) is 35.6 Å². The van der Waals surface area contributed by atoms with Gasteiger partial charge in [-0.2, -0.15) is 0 Å². The lowest BCUT2D eigenvalue weighted by Crippen LogP contribution is -2.33. The molecule has 0 radical (unpaired) electrons. The van der Waals surface area contributed by atoms with Crippen LogP contribution in [0.1, 0.15) is 31.6 Å². The summed E-state index contributed by atoms with van der Waals surface area (Å²) in [7, 11) is 0. The summed E-state index contributed by atoms with van der Waals surface area (Å²) < 4.78 is 0. The minimum absolute atomic E-state index is 0.0961. The molecule has 0 aromatic carbocycles. The molecule has 0 saturated heterocycles. The molecule has 7 heteroatoms. The van der Waals surface area contributed by atoms with Crippen molar-refractivity contribution in [2.24, 2.45) is 0 Å². The first kappa shape index (κ1) is 17.0. The summed E-state index contributed by atoms with van der Waals surface area (Å²) in [6.07, 6.45) is 1.90. The molecule has 2 aromatic rings. The second-order valence-electron chi connectivity index (χ2n) is 5.12. The number of aryl methyl sites for hydroxylation is 1. The molecule has 22 heavy (non-hydrogen) atoms. The molecular weight excluding hydrogens is 318 g/mol. The first-order valence-corrected chi connectivity index (χ1v) is 9.26. The van der Waals surface area contributed by atoms with Gasteiger partial charge in [-0.1, -0.05) is 25.6 Å². The average Bonchev–Trinajstić information content (AvgIpc) is 2.85. The van der Waals surface area contributed by atoms with Gasteiger partial charge in [-0.3, -0.25) is 9.59 Å². The molecule has 0 saturated carbocycles. The number of carbonyl (C=O) groups is 1. The van der Waals surface area contributed by atoms with Crippen LogP contribution >= 0.6 is 23.1 Å². The first-order valence-electron chi connectivity index (χ1n) is 7.46. The van der Waals surface area contributed by atoms with Crippen molar-refractivity contribution in [3.8, 4) is 0 Å². The van der Waals surface area contributed by atoms with Gasteiger partial charge in [-0.05, 0) is 25.8 Å². The van der Waals surface area contributed by atoms with E-state index in [-0.39, 0.29) is 11.5 Å². The number of fused-ring (bicyclic) bond motifs is 1. The van der Waals surface area contributed by atoms with Crippen LogP contribution in [0.5, 0.6) is 0 Å². The Kier molecular flexibility index (Phi) is 6.02. The zero-order chi connectivity index (χ0) is 16.1. The topological polar surface area (TPSA) is 66.1 Å². The summed E-state index contributed by atoms with van der Waals surface area (Å²) in [5.74, 6) is 0.400. The number of H-pyrrole nitrogens is 1. The smallest absolute Gasteiger partial charge is 0.260 e. The van der Waals surface area contributed by atoms with Gasteiger partial charge in [-0.15, -0.1) is 11.3 Å². The zero-order valence-electron chi connectivity index (χ0n) is 13.1. The van der Waals surface area contributed by atoms with Gasteiger partial charge < -0.3 is 9.88 Å². The predicted octanol–water partition coefficient (Wildman–Crippen LogP) is 3.03. The van der Waals surface area contributed by atoms with Crippen LogP contribution in [0.2, 0.25) is 0 Å². The molecule has 0 atom stereocenters. The summed E-state index contributed by atoms with van der Waals surface area (Å²) in [6, 6.07) is 1.84. The fourth-order valence-corrected chi connectivity index (χ4v) is 3.92. The standard InChI is InChI=1S/C15H21N3O2S2/c1-4-6-18(7-5-2)12(19)9-21-15-16-13(20)11-8-10(3)22-14(11)17-15/h8H,4-7,9H2,1-3H3,(H,16,17,20). The van der Waals surface area contributed by atoms with Crippen molar-refractivity contribution < 1.29 is 4.79 Å². The number of nitrogens with zero attached hydrogens (tertiary/aromatic N) is 2. The predicted molar refractivity (Wildman–Crippen MR) is 92.9 cm³/mol. The normalized spacial score (nSPS) is 11.0. The van der Waals surface area contributed by atoms with Crippen molar-refractivity contribution in [1.82, 2.24) is 14.9 Å². The number of carbonyl (C=O) groups excluding carboxylic acids is 1. The monoisotopic (exact) mass is 339 g/mol. The largest absolute Gasteiger partial charge is 0.342 e. The second-order valence-corrected chi connectivity index (χ2v) is 7.32. The lowest BCUT2D eigenvalue weighted by atomic mass is 10.3. The van der Waals surface area contributed by atoms with Gasteiger partial charge in [0.2, 0.25) is 5.91 Å². The Labute approximate surface area is 138 Å². The van der Waals surface area contributed by atoms with Crippen LogP contribution in [-0.2, 0) is 4.79 Å². The van der Waals surface area contributed by atoms with E-state index in [1.807, 2.05) is 17.9 Å². The number of amides is 1. The lowest BCUT2D eigenvalue weighted by molar-refractivity contribution is -0.128. The van der Waals surface area contributed by atoms with Gasteiger partial charge in [-0.25, -0.2) is 4.98 Å². The minimum Gasteiger partial charge on any atom is -0.342 e. The third kappa shape index (κ3) is 4.10. The maximum atomic E-state index is 12.2. The van der Waals surface area contributed by atoms with Gasteiger partial charge in [0.15, 0.2) is 5.16 Å². The van der Waals surface area contributed by atoms with Crippen LogP contribution in [0.25, 0.3) is 10.2 Å². The van der Waals surface area contributed by atoms with Crippen LogP contribution in [0.15, 0.2) is 16.0 Å². The molecule has 0 aliphatic heterocycles. The van der Waals surface area contributed by atoms with Gasteiger partial charge in [0.1, 0.15) is 4.83 Å². The second kappa shape index (κ2) is 7.78. The third-order valence-electron chi connectivity index (χ3n) is 3.18. The van der Waals surface area contributed by atoms with Crippen molar-refractivity contribution in [2.45, 2.75) is 38.8 Å². The van der Waals surface area contributed by atoms with Crippen molar-refractivity contribution in [2.75, 3.05) is 18.8 Å². The maximum absolute atomic E-state index is 12.2. The molecule has 0 fully saturated rings. The van der Waals surface area contributed by atoms with Gasteiger partial charge in [0, 0.05) is 18.0 Å². The molecule has 2 heterocycles. The Hall–Kier alpha value is -1.34. The van der Waals surface area contributed by atoms with Crippen molar-refractivity contribution in [1.29, 1.82) is 0 Å². The number of hydrogen-bond donors (Lipinski definition) is 1. The van der Waals surface area contributed by atoms with Crippen LogP contribution in [0.4, 0.5) is 0 Å². The van der Waals surface area contributed by atoms with E-state index in [9.17, 15) is 9.59 Å². The summed E-state index contributed by atoms with van der Waals surface area (Å²) in [5, 5.41) is 1.14. The summed E-state index contributed by atoms with van der Waals surface area (Å²) in [5.41, 5.74) is -0.136. The number of thiophene rings is 1. The molecule has 5 nitrogen and oxygen atoms in total. The summed E-state index contributed by atoms with van der Waals surface area (Å²) in [6.45, 7) is 7.64. The van der Waals surface area contributed by atoms with E-state index in [4.69, 9.17) is 0 Å². The number of nitrogens with one attached hydrogen (secondary N) is 1. The average molecular weight is 339 g/mol. The Bertz CT molecular complexity index is 702. The van der Waals surface area contributed by atoms with E-state index in [0.29, 0.717) is 16.3 Å². The fraction of sp³-hybridized carbons (Fsp3) is 0.533. The highest BCUT2D eigenvalue weighted by atomic mass is 32.2. The molecule has 0 unspecified atom stereocenters. The Morgan fingerprint density at radius 1 is 1.36 bits per heavy atom. The van der Waals surface area contributed by atoms with Crippen molar-refractivity contribution in [3.63, 3.8) is 0 Å². The molecular formula is C15H21N3O2S2. The van der Waals surface area contributed by atoms with Crippen LogP contribution in [0, 0.1) is 6.92 Å². The van der Waals surface area contributed by atoms with Crippen LogP contribution in [-0.4, -0.2) is 39.6 Å². The SMILES string of the molecule is CCCN(CCC)C(=O)CSc1nc2sc(C)cc2c(=O)[nH]1. The highest BCUT2D eigenvalue weighted by molar-refractivity contribution is 7.99. The third-order valence-corrected chi connectivity index (χ3v) is 4.98. The Morgan fingerprint density at radius 3 is 2.68 bits per heavy atom. The minimum atomic E-state index is -0.136. The Balaban J connectivity index is 2.07. The van der Waals surface area contributed by atoms with E-state index in [1.165, 1.54) is 23.1 Å². The summed E-state index contributed by atoms with van der Waals surface area (Å²) in [4.78, 5) is 35.1. The molecule has 2 aromatic heterocycles. The zero-order valence-corrected chi connectivity index (χ0v) is 14.8. The number of aromatic nitrogens is 2. The van der Waals surface area contributed by atoms with Gasteiger partial charge in [0.05, 0.1) is 11.1 Å². The number of thioether (sulfide) groups is 1. The van der Waals surface area contributed by atoms with Crippen LogP contribution < -0.4 is 5.56 Å². The quantitative estimate of drug-likeness (QED) is 0.622. The molecule has 1 amide bonds. The molecule has 120 valence electrons.